The van der Waals surface area contributed by atoms with Crippen molar-refractivity contribution in [2.75, 3.05) is 0 Å². The molecule has 2 rings (SSSR count). The van der Waals surface area contributed by atoms with Crippen molar-refractivity contribution in [3.8, 4) is 0 Å². The minimum absolute atomic E-state index is 0.210. The van der Waals surface area contributed by atoms with E-state index in [2.05, 4.69) is 5.32 Å². The summed E-state index contributed by atoms with van der Waals surface area (Å²) in [7, 11) is 0. The topological polar surface area (TPSA) is 46.2 Å². The third-order valence-electron chi connectivity index (χ3n) is 3.71. The van der Waals surface area contributed by atoms with Gasteiger partial charge in [0.2, 0.25) is 5.91 Å². The Morgan fingerprint density at radius 2 is 2.22 bits per heavy atom. The van der Waals surface area contributed by atoms with Crippen molar-refractivity contribution in [2.45, 2.75) is 32.6 Å². The Hall–Kier alpha value is -1.16. The van der Waals surface area contributed by atoms with Crippen LogP contribution >= 0.6 is 11.6 Å². The second-order valence-corrected chi connectivity index (χ2v) is 6.00. The minimum Gasteiger partial charge on any atom is -0.326 e. The van der Waals surface area contributed by atoms with E-state index in [4.69, 9.17) is 11.6 Å². The van der Waals surface area contributed by atoms with Crippen molar-refractivity contribution in [1.29, 1.82) is 0 Å². The Bertz CT molecular complexity index is 491. The van der Waals surface area contributed by atoms with Crippen molar-refractivity contribution >= 4 is 23.3 Å². The molecule has 5 heteroatoms. The maximum absolute atomic E-state index is 13.9. The van der Waals surface area contributed by atoms with Gasteiger partial charge in [0.15, 0.2) is 5.78 Å². The van der Waals surface area contributed by atoms with Gasteiger partial charge in [-0.25, -0.2) is 4.39 Å². The molecule has 1 heterocycles. The molecule has 0 aromatic heterocycles. The summed E-state index contributed by atoms with van der Waals surface area (Å²) in [5.41, 5.74) is -0.0562. The van der Waals surface area contributed by atoms with E-state index in [1.807, 2.05) is 0 Å². The first-order valence-corrected chi connectivity index (χ1v) is 6.28. The van der Waals surface area contributed by atoms with Crippen LogP contribution in [0.3, 0.4) is 0 Å². The normalized spacial score (nSPS) is 27.5. The molecule has 1 aliphatic heterocycles. The summed E-state index contributed by atoms with van der Waals surface area (Å²) in [5.74, 6) is -1.34. The van der Waals surface area contributed by atoms with Crippen LogP contribution in [-0.2, 0) is 9.59 Å². The zero-order chi connectivity index (χ0) is 13.7. The van der Waals surface area contributed by atoms with Gasteiger partial charge in [0.05, 0.1) is 16.5 Å². The SMILES string of the molecule is CC(Cl)C(=O)C1=CC(F)=C2NC(=O)C(C)(C)C2C1. The zero-order valence-electron chi connectivity index (χ0n) is 10.5. The van der Waals surface area contributed by atoms with Crippen molar-refractivity contribution in [3.05, 3.63) is 23.2 Å². The van der Waals surface area contributed by atoms with E-state index in [9.17, 15) is 14.0 Å². The molecular weight excluding hydrogens is 257 g/mol. The van der Waals surface area contributed by atoms with Crippen LogP contribution in [0.2, 0.25) is 0 Å². The summed E-state index contributed by atoms with van der Waals surface area (Å²) in [4.78, 5) is 23.6. The first-order chi connectivity index (χ1) is 8.25. The van der Waals surface area contributed by atoms with Crippen molar-refractivity contribution in [3.63, 3.8) is 0 Å². The number of allylic oxidation sites excluding steroid dienone is 4. The van der Waals surface area contributed by atoms with Gasteiger partial charge in [0, 0.05) is 11.5 Å². The number of alkyl halides is 1. The van der Waals surface area contributed by atoms with Crippen molar-refractivity contribution in [2.24, 2.45) is 11.3 Å². The fourth-order valence-electron chi connectivity index (χ4n) is 2.41. The van der Waals surface area contributed by atoms with Gasteiger partial charge >= 0.3 is 0 Å². The summed E-state index contributed by atoms with van der Waals surface area (Å²) in [6.45, 7) is 5.07. The lowest BCUT2D eigenvalue weighted by molar-refractivity contribution is -0.127. The molecule has 0 spiro atoms. The van der Waals surface area contributed by atoms with Gasteiger partial charge in [-0.1, -0.05) is 13.8 Å². The lowest BCUT2D eigenvalue weighted by Crippen LogP contribution is -2.29. The lowest BCUT2D eigenvalue weighted by Gasteiger charge is -2.27. The Morgan fingerprint density at radius 3 is 2.78 bits per heavy atom. The van der Waals surface area contributed by atoms with Crippen molar-refractivity contribution in [1.82, 2.24) is 5.32 Å². The number of hydrogen-bond acceptors (Lipinski definition) is 2. The summed E-state index contributed by atoms with van der Waals surface area (Å²) < 4.78 is 13.9. The molecule has 2 atom stereocenters. The van der Waals surface area contributed by atoms with Gasteiger partial charge in [-0.3, -0.25) is 9.59 Å². The molecule has 18 heavy (non-hydrogen) atoms. The number of nitrogens with one attached hydrogen (secondary N) is 1. The van der Waals surface area contributed by atoms with Gasteiger partial charge in [0.1, 0.15) is 5.83 Å². The Labute approximate surface area is 110 Å². The maximum atomic E-state index is 13.9. The van der Waals surface area contributed by atoms with Gasteiger partial charge in [-0.2, -0.15) is 0 Å². The average molecular weight is 272 g/mol. The van der Waals surface area contributed by atoms with Crippen LogP contribution in [0.5, 0.6) is 0 Å². The smallest absolute Gasteiger partial charge is 0.230 e. The van der Waals surface area contributed by atoms with E-state index in [1.165, 1.54) is 6.08 Å². The molecule has 0 aromatic carbocycles. The number of rotatable bonds is 2. The summed E-state index contributed by atoms with van der Waals surface area (Å²) >= 11 is 5.74. The highest BCUT2D eigenvalue weighted by molar-refractivity contribution is 6.33. The number of ketones is 1. The second kappa shape index (κ2) is 4.19. The molecule has 1 N–H and O–H groups in total. The fraction of sp³-hybridized carbons (Fsp3) is 0.538. The third-order valence-corrected chi connectivity index (χ3v) is 3.91. The van der Waals surface area contributed by atoms with Crippen LogP contribution < -0.4 is 5.32 Å². The Balaban J connectivity index is 2.39. The van der Waals surface area contributed by atoms with Crippen molar-refractivity contribution < 1.29 is 14.0 Å². The summed E-state index contributed by atoms with van der Waals surface area (Å²) in [6, 6.07) is 0. The standard InChI is InChI=1S/C13H15ClFNO2/c1-6(14)11(17)7-4-8-10(9(15)5-7)16-12(18)13(8,2)3/h5-6,8H,4H2,1-3H3,(H,16,18). The first kappa shape index (κ1) is 13.3. The molecule has 0 saturated carbocycles. The van der Waals surface area contributed by atoms with E-state index in [0.29, 0.717) is 17.7 Å². The lowest BCUT2D eigenvalue weighted by atomic mass is 9.74. The van der Waals surface area contributed by atoms with E-state index >= 15 is 0 Å². The van der Waals surface area contributed by atoms with Crippen LogP contribution in [0, 0.1) is 11.3 Å². The number of hydrogen-bond donors (Lipinski definition) is 1. The molecule has 0 radical (unpaired) electrons. The molecule has 2 aliphatic rings. The number of carbonyl (C=O) groups is 2. The molecule has 0 bridgehead atoms. The number of halogens is 2. The van der Waals surface area contributed by atoms with E-state index in [0.717, 1.165) is 0 Å². The molecule has 1 fully saturated rings. The van der Waals surface area contributed by atoms with Gasteiger partial charge < -0.3 is 5.32 Å². The maximum Gasteiger partial charge on any atom is 0.230 e. The highest BCUT2D eigenvalue weighted by atomic mass is 35.5. The molecule has 2 unspecified atom stereocenters. The number of amides is 1. The Kier molecular flexibility index (Phi) is 3.09. The molecule has 3 nitrogen and oxygen atoms in total. The fourth-order valence-corrected chi connectivity index (χ4v) is 2.55. The van der Waals surface area contributed by atoms with E-state index in [-0.39, 0.29) is 17.6 Å². The Morgan fingerprint density at radius 1 is 1.61 bits per heavy atom. The number of fused-ring (bicyclic) bond motifs is 1. The molecule has 1 amide bonds. The first-order valence-electron chi connectivity index (χ1n) is 5.85. The van der Waals surface area contributed by atoms with Gasteiger partial charge in [0.25, 0.3) is 0 Å². The molecular formula is C13H15ClFNO2. The largest absolute Gasteiger partial charge is 0.326 e. The zero-order valence-corrected chi connectivity index (χ0v) is 11.3. The monoisotopic (exact) mass is 271 g/mol. The van der Waals surface area contributed by atoms with Gasteiger partial charge in [-0.05, 0) is 19.4 Å². The number of carbonyl (C=O) groups excluding carboxylic acids is 2. The van der Waals surface area contributed by atoms with E-state index < -0.39 is 16.6 Å². The second-order valence-electron chi connectivity index (χ2n) is 5.34. The van der Waals surface area contributed by atoms with Gasteiger partial charge in [-0.15, -0.1) is 11.6 Å². The van der Waals surface area contributed by atoms with Crippen LogP contribution in [0.4, 0.5) is 4.39 Å². The highest BCUT2D eigenvalue weighted by Gasteiger charge is 2.49. The highest BCUT2D eigenvalue weighted by Crippen LogP contribution is 2.45. The quantitative estimate of drug-likeness (QED) is 0.784. The predicted octanol–water partition coefficient (Wildman–Crippen LogP) is 2.47. The van der Waals surface area contributed by atoms with Crippen LogP contribution in [0.1, 0.15) is 27.2 Å². The van der Waals surface area contributed by atoms with Crippen LogP contribution in [0.15, 0.2) is 23.2 Å². The van der Waals surface area contributed by atoms with Crippen LogP contribution in [-0.4, -0.2) is 17.1 Å². The third kappa shape index (κ3) is 1.88. The molecule has 0 aromatic rings. The van der Waals surface area contributed by atoms with E-state index in [1.54, 1.807) is 20.8 Å². The summed E-state index contributed by atoms with van der Waals surface area (Å²) in [6.07, 6.45) is 1.54. The molecule has 98 valence electrons. The molecule has 1 saturated heterocycles. The predicted molar refractivity (Wildman–Crippen MR) is 66.6 cm³/mol. The summed E-state index contributed by atoms with van der Waals surface area (Å²) in [5, 5.41) is 1.88. The molecule has 1 aliphatic carbocycles. The van der Waals surface area contributed by atoms with Crippen LogP contribution in [0.25, 0.3) is 0 Å². The number of Topliss-reactive ketones (excluding diaryl/α,β-unsaturated/α-hetero) is 1. The minimum atomic E-state index is -0.706. The average Bonchev–Trinajstić information content (AvgIpc) is 2.51.